The van der Waals surface area contributed by atoms with E-state index in [9.17, 15) is 0 Å². The van der Waals surface area contributed by atoms with Gasteiger partial charge >= 0.3 is 0 Å². The van der Waals surface area contributed by atoms with Gasteiger partial charge in [-0.1, -0.05) is 85.4 Å². The number of hydrogen-bond acceptors (Lipinski definition) is 0. The van der Waals surface area contributed by atoms with Crippen LogP contribution >= 0.6 is 15.9 Å². The van der Waals surface area contributed by atoms with Gasteiger partial charge < -0.3 is 4.57 Å². The number of benzene rings is 3. The SMILES string of the molecule is C=Cc1c(C=C)c2c(c3ccccc3n2CC)c2c3c(c(Br)cc12)CCC=C3.CC. The summed E-state index contributed by atoms with van der Waals surface area (Å²) < 4.78 is 3.62. The average Bonchev–Trinajstić information content (AvgIpc) is 3.13. The van der Waals surface area contributed by atoms with Crippen LogP contribution in [0.3, 0.4) is 0 Å². The Bertz CT molecular complexity index is 1330. The molecule has 5 rings (SSSR count). The summed E-state index contributed by atoms with van der Waals surface area (Å²) >= 11 is 3.85. The van der Waals surface area contributed by atoms with E-state index in [2.05, 4.69) is 83.1 Å². The second-order valence-electron chi connectivity index (χ2n) is 7.33. The van der Waals surface area contributed by atoms with Crippen molar-refractivity contribution in [2.45, 2.75) is 40.2 Å². The highest BCUT2D eigenvalue weighted by molar-refractivity contribution is 9.10. The van der Waals surface area contributed by atoms with Crippen molar-refractivity contribution in [3.63, 3.8) is 0 Å². The lowest BCUT2D eigenvalue weighted by Crippen LogP contribution is -2.01. The Balaban J connectivity index is 0.00000106. The largest absolute Gasteiger partial charge is 0.340 e. The summed E-state index contributed by atoms with van der Waals surface area (Å²) in [5.41, 5.74) is 7.63. The van der Waals surface area contributed by atoms with E-state index in [1.54, 1.807) is 0 Å². The molecule has 0 fully saturated rings. The molecule has 0 radical (unpaired) electrons. The fourth-order valence-corrected chi connectivity index (χ4v) is 5.56. The summed E-state index contributed by atoms with van der Waals surface area (Å²) in [4.78, 5) is 0. The van der Waals surface area contributed by atoms with Gasteiger partial charge in [-0.15, -0.1) is 0 Å². The molecule has 0 atom stereocenters. The molecular weight excluding hydrogens is 430 g/mol. The van der Waals surface area contributed by atoms with E-state index in [1.807, 2.05) is 26.0 Å². The lowest BCUT2D eigenvalue weighted by molar-refractivity contribution is 0.826. The predicted octanol–water partition coefficient (Wildman–Crippen LogP) is 9.00. The number of para-hydroxylation sites is 1. The lowest BCUT2D eigenvalue weighted by Gasteiger charge is -2.20. The number of hydrogen-bond donors (Lipinski definition) is 0. The number of allylic oxidation sites excluding steroid dienone is 1. The van der Waals surface area contributed by atoms with Crippen LogP contribution in [0.5, 0.6) is 0 Å². The van der Waals surface area contributed by atoms with Crippen LogP contribution < -0.4 is 0 Å². The highest BCUT2D eigenvalue weighted by atomic mass is 79.9. The predicted molar refractivity (Wildman–Crippen MR) is 139 cm³/mol. The van der Waals surface area contributed by atoms with Gasteiger partial charge in [0.25, 0.3) is 0 Å². The first-order chi connectivity index (χ1) is 14.7. The highest BCUT2D eigenvalue weighted by Gasteiger charge is 2.23. The van der Waals surface area contributed by atoms with Crippen LogP contribution in [0.4, 0.5) is 0 Å². The molecule has 0 amide bonds. The van der Waals surface area contributed by atoms with Crippen LogP contribution in [-0.2, 0) is 13.0 Å². The molecule has 30 heavy (non-hydrogen) atoms. The van der Waals surface area contributed by atoms with E-state index in [1.165, 1.54) is 53.7 Å². The first kappa shape index (κ1) is 20.7. The molecule has 0 saturated heterocycles. The van der Waals surface area contributed by atoms with E-state index >= 15 is 0 Å². The van der Waals surface area contributed by atoms with Crippen molar-refractivity contribution in [2.75, 3.05) is 0 Å². The molecule has 0 bridgehead atoms. The summed E-state index contributed by atoms with van der Waals surface area (Å²) in [5, 5.41) is 5.23. The zero-order valence-corrected chi connectivity index (χ0v) is 19.6. The lowest BCUT2D eigenvalue weighted by atomic mass is 9.86. The summed E-state index contributed by atoms with van der Waals surface area (Å²) in [7, 11) is 0. The van der Waals surface area contributed by atoms with Gasteiger partial charge in [-0.2, -0.15) is 0 Å². The molecule has 4 aromatic rings. The molecule has 1 nitrogen and oxygen atoms in total. The number of halogens is 1. The average molecular weight is 458 g/mol. The van der Waals surface area contributed by atoms with Gasteiger partial charge in [0, 0.05) is 32.9 Å². The number of aryl methyl sites for hydroxylation is 1. The molecule has 1 aliphatic carbocycles. The zero-order valence-electron chi connectivity index (χ0n) is 18.1. The second-order valence-corrected chi connectivity index (χ2v) is 8.19. The van der Waals surface area contributed by atoms with Crippen molar-refractivity contribution in [2.24, 2.45) is 0 Å². The third kappa shape index (κ3) is 2.81. The second kappa shape index (κ2) is 8.28. The van der Waals surface area contributed by atoms with E-state index in [-0.39, 0.29) is 0 Å². The Morgan fingerprint density at radius 1 is 1.03 bits per heavy atom. The third-order valence-corrected chi connectivity index (χ3v) is 6.76. The van der Waals surface area contributed by atoms with E-state index in [4.69, 9.17) is 0 Å². The van der Waals surface area contributed by atoms with Gasteiger partial charge in [0.1, 0.15) is 0 Å². The van der Waals surface area contributed by atoms with Crippen molar-refractivity contribution < 1.29 is 0 Å². The zero-order chi connectivity index (χ0) is 21.4. The van der Waals surface area contributed by atoms with Crippen LogP contribution in [0.1, 0.15) is 49.4 Å². The normalized spacial score (nSPS) is 12.7. The Kier molecular flexibility index (Phi) is 5.71. The molecule has 1 aromatic heterocycles. The van der Waals surface area contributed by atoms with Crippen LogP contribution in [0, 0.1) is 0 Å². The molecule has 3 aromatic carbocycles. The Morgan fingerprint density at radius 2 is 1.77 bits per heavy atom. The first-order valence-electron chi connectivity index (χ1n) is 10.8. The topological polar surface area (TPSA) is 4.93 Å². The van der Waals surface area contributed by atoms with Gasteiger partial charge in [-0.05, 0) is 59.4 Å². The van der Waals surface area contributed by atoms with Gasteiger partial charge in [0.05, 0.1) is 5.52 Å². The molecule has 2 heteroatoms. The Hall–Kier alpha value is -2.58. The fraction of sp³-hybridized carbons (Fsp3) is 0.214. The highest BCUT2D eigenvalue weighted by Crippen LogP contribution is 2.45. The molecule has 0 unspecified atom stereocenters. The molecule has 0 saturated carbocycles. The smallest absolute Gasteiger partial charge is 0.0577 e. The van der Waals surface area contributed by atoms with Crippen LogP contribution in [0.2, 0.25) is 0 Å². The maximum Gasteiger partial charge on any atom is 0.0577 e. The maximum absolute atomic E-state index is 4.17. The standard InChI is InChI=1S/C26H22BrN.C2H6/c1-4-16-17(5-2)26-25(20-13-9-10-14-23(20)28(26)6-3)24-19-12-8-7-11-18(19)22(27)15-21(16)24;1-2/h4-5,8-10,12-15H,1-2,6-7,11H2,3H3;1-2H3. The number of fused-ring (bicyclic) bond motifs is 7. The van der Waals surface area contributed by atoms with Gasteiger partial charge in [0.15, 0.2) is 0 Å². The molecule has 0 aliphatic heterocycles. The monoisotopic (exact) mass is 457 g/mol. The van der Waals surface area contributed by atoms with E-state index < -0.39 is 0 Å². The number of aromatic nitrogens is 1. The van der Waals surface area contributed by atoms with Gasteiger partial charge in [-0.25, -0.2) is 0 Å². The molecule has 152 valence electrons. The maximum atomic E-state index is 4.17. The Morgan fingerprint density at radius 3 is 2.47 bits per heavy atom. The summed E-state index contributed by atoms with van der Waals surface area (Å²) in [6.45, 7) is 15.5. The van der Waals surface area contributed by atoms with Crippen molar-refractivity contribution >= 4 is 66.7 Å². The summed E-state index contributed by atoms with van der Waals surface area (Å²) in [5.74, 6) is 0. The van der Waals surface area contributed by atoms with Crippen LogP contribution in [0.25, 0.3) is 50.8 Å². The molecule has 1 heterocycles. The number of nitrogens with zero attached hydrogens (tertiary/aromatic N) is 1. The van der Waals surface area contributed by atoms with Crippen LogP contribution in [-0.4, -0.2) is 4.57 Å². The minimum atomic E-state index is 0.918. The molecular formula is C28H28BrN. The summed E-state index contributed by atoms with van der Waals surface area (Å²) in [6, 6.07) is 11.0. The van der Waals surface area contributed by atoms with Crippen LogP contribution in [0.15, 0.2) is 54.0 Å². The minimum absolute atomic E-state index is 0.918. The minimum Gasteiger partial charge on any atom is -0.340 e. The molecule has 1 aliphatic rings. The van der Waals surface area contributed by atoms with E-state index in [0.717, 1.165) is 24.9 Å². The number of rotatable bonds is 3. The van der Waals surface area contributed by atoms with E-state index in [0.29, 0.717) is 0 Å². The first-order valence-corrected chi connectivity index (χ1v) is 11.6. The van der Waals surface area contributed by atoms with Gasteiger partial charge in [0.2, 0.25) is 0 Å². The van der Waals surface area contributed by atoms with Gasteiger partial charge in [-0.3, -0.25) is 0 Å². The third-order valence-electron chi connectivity index (χ3n) is 6.05. The van der Waals surface area contributed by atoms with Crippen molar-refractivity contribution in [1.82, 2.24) is 4.57 Å². The van der Waals surface area contributed by atoms with Crippen molar-refractivity contribution in [3.8, 4) is 0 Å². The Labute approximate surface area is 187 Å². The summed E-state index contributed by atoms with van der Waals surface area (Å²) in [6.07, 6.45) is 10.8. The van der Waals surface area contributed by atoms with Crippen molar-refractivity contribution in [3.05, 3.63) is 76.3 Å². The fourth-order valence-electron chi connectivity index (χ4n) is 4.92. The van der Waals surface area contributed by atoms with Crippen molar-refractivity contribution in [1.29, 1.82) is 0 Å². The molecule has 0 spiro atoms. The molecule has 0 N–H and O–H groups in total. The quantitative estimate of drug-likeness (QED) is 0.289.